The van der Waals surface area contributed by atoms with Gasteiger partial charge in [0.1, 0.15) is 11.5 Å². The molecule has 6 heteroatoms. The normalized spacial score (nSPS) is 10.3. The Balaban J connectivity index is 1.56. The Morgan fingerprint density at radius 1 is 1.04 bits per heavy atom. The Morgan fingerprint density at radius 3 is 2.61 bits per heavy atom. The van der Waals surface area contributed by atoms with Crippen LogP contribution in [0.25, 0.3) is 0 Å². The van der Waals surface area contributed by atoms with E-state index in [0.29, 0.717) is 36.1 Å². The summed E-state index contributed by atoms with van der Waals surface area (Å²) in [7, 11) is 0. The lowest BCUT2D eigenvalue weighted by molar-refractivity contribution is 0.0950. The minimum absolute atomic E-state index is 0.170. The first-order valence-electron chi connectivity index (χ1n) is 9.29. The minimum atomic E-state index is -0.170. The van der Waals surface area contributed by atoms with Crippen LogP contribution >= 0.6 is 0 Å². The molecule has 1 aromatic carbocycles. The van der Waals surface area contributed by atoms with Crippen LogP contribution in [0.4, 0.5) is 0 Å². The van der Waals surface area contributed by atoms with Crippen LogP contribution in [0.3, 0.4) is 0 Å². The molecule has 0 bridgehead atoms. The summed E-state index contributed by atoms with van der Waals surface area (Å²) in [4.78, 5) is 20.7. The van der Waals surface area contributed by atoms with E-state index in [1.807, 2.05) is 18.2 Å². The van der Waals surface area contributed by atoms with Crippen LogP contribution in [0.1, 0.15) is 35.7 Å². The first-order valence-corrected chi connectivity index (χ1v) is 9.29. The predicted octanol–water partition coefficient (Wildman–Crippen LogP) is 4.38. The van der Waals surface area contributed by atoms with Gasteiger partial charge in [-0.1, -0.05) is 19.4 Å². The van der Waals surface area contributed by atoms with E-state index in [1.165, 1.54) is 0 Å². The highest BCUT2D eigenvalue weighted by Crippen LogP contribution is 2.20. The molecule has 0 aliphatic carbocycles. The average molecular weight is 377 g/mol. The summed E-state index contributed by atoms with van der Waals surface area (Å²) in [6.45, 7) is 3.07. The van der Waals surface area contributed by atoms with Crippen molar-refractivity contribution in [1.82, 2.24) is 15.3 Å². The maximum atomic E-state index is 12.4. The largest absolute Gasteiger partial charge is 0.477 e. The van der Waals surface area contributed by atoms with Gasteiger partial charge < -0.3 is 14.8 Å². The molecule has 144 valence electrons. The molecule has 28 heavy (non-hydrogen) atoms. The average Bonchev–Trinajstić information content (AvgIpc) is 2.74. The van der Waals surface area contributed by atoms with E-state index in [9.17, 15) is 4.79 Å². The van der Waals surface area contributed by atoms with E-state index >= 15 is 0 Å². The Labute approximate surface area is 164 Å². The van der Waals surface area contributed by atoms with Crippen molar-refractivity contribution >= 4 is 5.91 Å². The molecular formula is C22H23N3O3. The first-order chi connectivity index (χ1) is 13.8. The van der Waals surface area contributed by atoms with Crippen molar-refractivity contribution in [2.75, 3.05) is 6.61 Å². The van der Waals surface area contributed by atoms with Crippen molar-refractivity contribution in [2.45, 2.75) is 26.3 Å². The molecule has 6 nitrogen and oxygen atoms in total. The van der Waals surface area contributed by atoms with Gasteiger partial charge in [0.15, 0.2) is 0 Å². The van der Waals surface area contributed by atoms with E-state index in [1.54, 1.807) is 48.9 Å². The molecule has 3 aromatic rings. The van der Waals surface area contributed by atoms with Crippen molar-refractivity contribution in [3.8, 4) is 17.4 Å². The van der Waals surface area contributed by atoms with Gasteiger partial charge in [-0.2, -0.15) is 0 Å². The smallest absolute Gasteiger partial charge is 0.251 e. The van der Waals surface area contributed by atoms with Crippen molar-refractivity contribution < 1.29 is 14.3 Å². The van der Waals surface area contributed by atoms with Crippen molar-refractivity contribution in [3.63, 3.8) is 0 Å². The number of pyridine rings is 2. The molecule has 0 aliphatic heterocycles. The summed E-state index contributed by atoms with van der Waals surface area (Å²) in [5.41, 5.74) is 1.40. The highest BCUT2D eigenvalue weighted by atomic mass is 16.5. The summed E-state index contributed by atoms with van der Waals surface area (Å²) in [5.74, 6) is 1.68. The number of unbranched alkanes of at least 4 members (excludes halogenated alkanes) is 1. The number of carbonyl (C=O) groups excluding carboxylic acids is 1. The predicted molar refractivity (Wildman–Crippen MR) is 107 cm³/mol. The molecule has 0 fully saturated rings. The minimum Gasteiger partial charge on any atom is -0.477 e. The number of nitrogens with one attached hydrogen (secondary N) is 1. The summed E-state index contributed by atoms with van der Waals surface area (Å²) in [6.07, 6.45) is 7.03. The van der Waals surface area contributed by atoms with Gasteiger partial charge >= 0.3 is 0 Å². The van der Waals surface area contributed by atoms with Crippen LogP contribution in [0.2, 0.25) is 0 Å². The number of nitrogens with zero attached hydrogens (tertiary/aromatic N) is 2. The van der Waals surface area contributed by atoms with E-state index < -0.39 is 0 Å². The van der Waals surface area contributed by atoms with Gasteiger partial charge in [-0.3, -0.25) is 9.78 Å². The van der Waals surface area contributed by atoms with Crippen LogP contribution in [-0.2, 0) is 6.54 Å². The van der Waals surface area contributed by atoms with Crippen LogP contribution in [-0.4, -0.2) is 22.5 Å². The Morgan fingerprint density at radius 2 is 1.86 bits per heavy atom. The number of hydrogen-bond acceptors (Lipinski definition) is 5. The topological polar surface area (TPSA) is 73.3 Å². The van der Waals surface area contributed by atoms with Gasteiger partial charge in [-0.15, -0.1) is 0 Å². The number of carbonyl (C=O) groups is 1. The van der Waals surface area contributed by atoms with E-state index in [0.717, 1.165) is 18.4 Å². The van der Waals surface area contributed by atoms with Gasteiger partial charge in [0.2, 0.25) is 5.88 Å². The van der Waals surface area contributed by atoms with Gasteiger partial charge in [0, 0.05) is 30.1 Å². The molecule has 1 N–H and O–H groups in total. The standard InChI is InChI=1S/C22H23N3O3/c1-2-3-14-27-22-18(6-4-13-24-22)15-25-21(26)17-8-10-19(11-9-17)28-20-7-5-12-23-16-20/h4-13,16H,2-3,14-15H2,1H3,(H,25,26). The number of hydrogen-bond donors (Lipinski definition) is 1. The highest BCUT2D eigenvalue weighted by molar-refractivity contribution is 5.94. The van der Waals surface area contributed by atoms with Gasteiger partial charge in [0.05, 0.1) is 12.8 Å². The van der Waals surface area contributed by atoms with Crippen LogP contribution in [0.15, 0.2) is 67.1 Å². The number of aromatic nitrogens is 2. The molecular weight excluding hydrogens is 354 g/mol. The molecule has 2 aromatic heterocycles. The third-order valence-electron chi connectivity index (χ3n) is 4.01. The van der Waals surface area contributed by atoms with Crippen LogP contribution < -0.4 is 14.8 Å². The summed E-state index contributed by atoms with van der Waals surface area (Å²) in [5, 5.41) is 2.91. The van der Waals surface area contributed by atoms with Crippen molar-refractivity contribution in [1.29, 1.82) is 0 Å². The zero-order valence-corrected chi connectivity index (χ0v) is 15.8. The Kier molecular flexibility index (Phi) is 6.95. The number of ether oxygens (including phenoxy) is 2. The zero-order chi connectivity index (χ0) is 19.6. The van der Waals surface area contributed by atoms with E-state index in [2.05, 4.69) is 22.2 Å². The molecule has 0 spiro atoms. The lowest BCUT2D eigenvalue weighted by atomic mass is 10.2. The van der Waals surface area contributed by atoms with Crippen molar-refractivity contribution in [2.24, 2.45) is 0 Å². The second-order valence-corrected chi connectivity index (χ2v) is 6.17. The zero-order valence-electron chi connectivity index (χ0n) is 15.8. The number of rotatable bonds is 9. The Hall–Kier alpha value is -3.41. The van der Waals surface area contributed by atoms with E-state index in [-0.39, 0.29) is 5.91 Å². The molecule has 3 rings (SSSR count). The van der Waals surface area contributed by atoms with Crippen LogP contribution in [0, 0.1) is 0 Å². The second-order valence-electron chi connectivity index (χ2n) is 6.17. The maximum absolute atomic E-state index is 12.4. The fraction of sp³-hybridized carbons (Fsp3) is 0.227. The van der Waals surface area contributed by atoms with Crippen molar-refractivity contribution in [3.05, 3.63) is 78.2 Å². The van der Waals surface area contributed by atoms with Crippen LogP contribution in [0.5, 0.6) is 17.4 Å². The van der Waals surface area contributed by atoms with Gasteiger partial charge in [-0.25, -0.2) is 4.98 Å². The molecule has 1 amide bonds. The third-order valence-corrected chi connectivity index (χ3v) is 4.01. The molecule has 0 aliphatic rings. The van der Waals surface area contributed by atoms with E-state index in [4.69, 9.17) is 9.47 Å². The summed E-state index contributed by atoms with van der Waals surface area (Å²) in [6, 6.07) is 14.3. The molecule has 0 unspecified atom stereocenters. The number of amides is 1. The maximum Gasteiger partial charge on any atom is 0.251 e. The summed E-state index contributed by atoms with van der Waals surface area (Å²) >= 11 is 0. The number of benzene rings is 1. The molecule has 0 radical (unpaired) electrons. The lowest BCUT2D eigenvalue weighted by Gasteiger charge is -2.11. The highest BCUT2D eigenvalue weighted by Gasteiger charge is 2.09. The SMILES string of the molecule is CCCCOc1ncccc1CNC(=O)c1ccc(Oc2cccnc2)cc1. The molecule has 0 atom stereocenters. The monoisotopic (exact) mass is 377 g/mol. The van der Waals surface area contributed by atoms with Gasteiger partial charge in [-0.05, 0) is 48.9 Å². The fourth-order valence-corrected chi connectivity index (χ4v) is 2.50. The molecule has 2 heterocycles. The third kappa shape index (κ3) is 5.54. The first kappa shape index (κ1) is 19.4. The molecule has 0 saturated carbocycles. The quantitative estimate of drug-likeness (QED) is 0.560. The fourth-order valence-electron chi connectivity index (χ4n) is 2.50. The molecule has 0 saturated heterocycles. The second kappa shape index (κ2) is 10.1. The van der Waals surface area contributed by atoms with Gasteiger partial charge in [0.25, 0.3) is 5.91 Å². The lowest BCUT2D eigenvalue weighted by Crippen LogP contribution is -2.23. The Bertz CT molecular complexity index is 883. The summed E-state index contributed by atoms with van der Waals surface area (Å²) < 4.78 is 11.4.